The van der Waals surface area contributed by atoms with Crippen molar-refractivity contribution < 1.29 is 32.3 Å². The zero-order valence-corrected chi connectivity index (χ0v) is 26.0. The fourth-order valence-electron chi connectivity index (χ4n) is 5.58. The Morgan fingerprint density at radius 2 is 1.66 bits per heavy atom. The minimum Gasteiger partial charge on any atom is -0.481 e. The summed E-state index contributed by atoms with van der Waals surface area (Å²) in [5.74, 6) is -1.00. The second-order valence-corrected chi connectivity index (χ2v) is 20.4. The van der Waals surface area contributed by atoms with Gasteiger partial charge >= 0.3 is 28.8 Å². The third-order valence-electron chi connectivity index (χ3n) is 7.66. The zero-order chi connectivity index (χ0) is 28.6. The van der Waals surface area contributed by atoms with Gasteiger partial charge in [-0.3, -0.25) is 19.1 Å². The molecule has 13 heteroatoms. The third kappa shape index (κ3) is 5.79. The van der Waals surface area contributed by atoms with Gasteiger partial charge in [0.05, 0.1) is 19.6 Å². The van der Waals surface area contributed by atoms with Crippen LogP contribution in [0.15, 0.2) is 15.8 Å². The normalized spacial score (nSPS) is 27.1. The molecule has 0 saturated carbocycles. The molecule has 2 saturated heterocycles. The van der Waals surface area contributed by atoms with Crippen LogP contribution in [-0.4, -0.2) is 69.3 Å². The first-order chi connectivity index (χ1) is 17.7. The molecule has 2 aliphatic rings. The maximum Gasteiger partial charge on any atom is 0.335 e. The van der Waals surface area contributed by atoms with Crippen LogP contribution in [0.4, 0.5) is 0 Å². The number of nitrogens with one attached hydrogen (secondary N) is 1. The second kappa shape index (κ2) is 11.9. The number of aliphatic carboxylic acids is 1. The van der Waals surface area contributed by atoms with Gasteiger partial charge in [0.2, 0.25) is 0 Å². The molecule has 1 unspecified atom stereocenters. The van der Waals surface area contributed by atoms with Gasteiger partial charge < -0.3 is 27.5 Å². The Bertz CT molecular complexity index is 1090. The molecule has 3 heterocycles. The van der Waals surface area contributed by atoms with Gasteiger partial charge in [-0.25, -0.2) is 4.79 Å². The van der Waals surface area contributed by atoms with E-state index in [-0.39, 0.29) is 41.8 Å². The van der Waals surface area contributed by atoms with Gasteiger partial charge in [-0.15, -0.1) is 0 Å². The number of carboxylic acid groups (broad SMARTS) is 1. The van der Waals surface area contributed by atoms with Crippen LogP contribution in [0.2, 0.25) is 22.2 Å². The molecule has 1 aromatic rings. The van der Waals surface area contributed by atoms with Crippen LogP contribution >= 0.6 is 0 Å². The van der Waals surface area contributed by atoms with Gasteiger partial charge in [0.1, 0.15) is 18.3 Å². The molecule has 2 aliphatic heterocycles. The number of carboxylic acids is 1. The van der Waals surface area contributed by atoms with E-state index in [1.807, 2.05) is 0 Å². The topological polar surface area (TPSA) is 138 Å². The number of fused-ring (bicyclic) bond motifs is 1. The molecule has 0 spiro atoms. The first-order valence-electron chi connectivity index (χ1n) is 13.5. The van der Waals surface area contributed by atoms with E-state index in [0.717, 1.165) is 0 Å². The molecule has 0 aliphatic carbocycles. The Morgan fingerprint density at radius 3 is 2.18 bits per heavy atom. The van der Waals surface area contributed by atoms with Crippen molar-refractivity contribution >= 4 is 23.1 Å². The van der Waals surface area contributed by atoms with E-state index < -0.39 is 58.9 Å². The average Bonchev–Trinajstić information content (AvgIpc) is 3.11. The molecule has 0 aromatic carbocycles. The Balaban J connectivity index is 2.15. The van der Waals surface area contributed by atoms with Crippen LogP contribution in [0.25, 0.3) is 0 Å². The molecular formula is C25H44N2O9Si2. The second-order valence-electron chi connectivity index (χ2n) is 11.6. The molecular weight excluding hydrogens is 528 g/mol. The van der Waals surface area contributed by atoms with Gasteiger partial charge in [0.15, 0.2) is 6.23 Å². The lowest BCUT2D eigenvalue weighted by molar-refractivity contribution is -0.140. The van der Waals surface area contributed by atoms with Crippen molar-refractivity contribution in [1.29, 1.82) is 0 Å². The van der Waals surface area contributed by atoms with Crippen LogP contribution in [0, 0.1) is 6.92 Å². The van der Waals surface area contributed by atoms with E-state index >= 15 is 0 Å². The van der Waals surface area contributed by atoms with Crippen LogP contribution in [-0.2, 0) is 27.2 Å². The Kier molecular flexibility index (Phi) is 9.65. The molecule has 0 bridgehead atoms. The van der Waals surface area contributed by atoms with Crippen molar-refractivity contribution in [3.8, 4) is 0 Å². The van der Waals surface area contributed by atoms with Gasteiger partial charge in [-0.1, -0.05) is 55.4 Å². The summed E-state index contributed by atoms with van der Waals surface area (Å²) in [7, 11) is -5.83. The number of carbonyl (C=O) groups is 1. The van der Waals surface area contributed by atoms with Crippen LogP contribution < -0.4 is 11.2 Å². The predicted molar refractivity (Wildman–Crippen MR) is 146 cm³/mol. The maximum absolute atomic E-state index is 12.9. The van der Waals surface area contributed by atoms with Gasteiger partial charge in [0, 0.05) is 11.8 Å². The Labute approximate surface area is 226 Å². The molecule has 38 heavy (non-hydrogen) atoms. The van der Waals surface area contributed by atoms with Crippen molar-refractivity contribution in [3.05, 3.63) is 32.6 Å². The highest BCUT2D eigenvalue weighted by Gasteiger charge is 2.62. The highest BCUT2D eigenvalue weighted by Crippen LogP contribution is 2.48. The molecule has 11 nitrogen and oxygen atoms in total. The summed E-state index contributed by atoms with van der Waals surface area (Å²) >= 11 is 0. The van der Waals surface area contributed by atoms with E-state index in [4.69, 9.17) is 22.4 Å². The molecule has 2 N–H and O–H groups in total. The highest BCUT2D eigenvalue weighted by molar-refractivity contribution is 6.84. The number of aryl methyl sites for hydroxylation is 1. The highest BCUT2D eigenvalue weighted by atomic mass is 28.5. The number of aromatic amines is 1. The summed E-state index contributed by atoms with van der Waals surface area (Å²) in [4.78, 5) is 38.5. The molecule has 0 radical (unpaired) electrons. The lowest BCUT2D eigenvalue weighted by atomic mass is 10.1. The summed E-state index contributed by atoms with van der Waals surface area (Å²) in [5, 5.41) is 9.22. The number of rotatable bonds is 9. The van der Waals surface area contributed by atoms with E-state index in [2.05, 4.69) is 60.4 Å². The number of hydrogen-bond acceptors (Lipinski definition) is 8. The number of ether oxygens (including phenoxy) is 2. The maximum atomic E-state index is 12.9. The smallest absolute Gasteiger partial charge is 0.335 e. The van der Waals surface area contributed by atoms with Crippen LogP contribution in [0.5, 0.6) is 0 Å². The number of nitrogens with zero attached hydrogens (tertiary/aromatic N) is 1. The lowest BCUT2D eigenvalue weighted by Gasteiger charge is -2.51. The van der Waals surface area contributed by atoms with Crippen LogP contribution in [0.1, 0.15) is 73.6 Å². The standard InChI is InChI=1S/C25H44N2O9Si2/c1-14(2)37(15(3)4)33-13-19-21(35-38(36-37,16(5)6)17(7)8)22(32-11-10-20(28)29)24(34-19)27-12-18(9)23(30)26-25(27)31/h12,14-17,19,21-22,24H,10-11,13H2,1-9H3,(H,28,29)(H,26,30,31)/t19-,21?,22+,24-/m1/s1. The summed E-state index contributed by atoms with van der Waals surface area (Å²) in [6.07, 6.45) is -1.83. The van der Waals surface area contributed by atoms with E-state index in [1.54, 1.807) is 6.92 Å². The average molecular weight is 573 g/mol. The monoisotopic (exact) mass is 572 g/mol. The van der Waals surface area contributed by atoms with Gasteiger partial charge in [0.25, 0.3) is 5.56 Å². The molecule has 4 atom stereocenters. The van der Waals surface area contributed by atoms with Crippen molar-refractivity contribution in [2.24, 2.45) is 0 Å². The Hall–Kier alpha value is -1.62. The van der Waals surface area contributed by atoms with E-state index in [1.165, 1.54) is 10.8 Å². The summed E-state index contributed by atoms with van der Waals surface area (Å²) in [6.45, 7) is 18.6. The quantitative estimate of drug-likeness (QED) is 0.425. The summed E-state index contributed by atoms with van der Waals surface area (Å²) < 4.78 is 34.9. The fourth-order valence-corrected chi connectivity index (χ4v) is 16.8. The van der Waals surface area contributed by atoms with Crippen LogP contribution in [0.3, 0.4) is 0 Å². The van der Waals surface area contributed by atoms with E-state index in [9.17, 15) is 19.5 Å². The van der Waals surface area contributed by atoms with Crippen molar-refractivity contribution in [2.75, 3.05) is 13.2 Å². The largest absolute Gasteiger partial charge is 0.481 e. The molecule has 2 fully saturated rings. The summed E-state index contributed by atoms with van der Waals surface area (Å²) in [6, 6.07) is 0. The third-order valence-corrected chi connectivity index (χ3v) is 17.9. The molecule has 0 amide bonds. The number of H-pyrrole nitrogens is 1. The number of aromatic nitrogens is 2. The fraction of sp³-hybridized carbons (Fsp3) is 0.800. The van der Waals surface area contributed by atoms with Crippen molar-refractivity contribution in [3.63, 3.8) is 0 Å². The SMILES string of the molecule is Cc1cn([C@@H]2O[C@@H]3CO[Si](C(C)C)(C(C)C)O[Si](C(C)C)(C(C)C)OC3[C@@H]2OCCC(=O)O)c(=O)[nH]c1=O. The molecule has 3 rings (SSSR count). The minimum atomic E-state index is -3.02. The Morgan fingerprint density at radius 1 is 1.08 bits per heavy atom. The molecule has 216 valence electrons. The number of hydrogen-bond donors (Lipinski definition) is 2. The predicted octanol–water partition coefficient (Wildman–Crippen LogP) is 3.56. The summed E-state index contributed by atoms with van der Waals surface area (Å²) in [5.41, 5.74) is -0.374. The van der Waals surface area contributed by atoms with Gasteiger partial charge in [-0.05, 0) is 29.1 Å². The van der Waals surface area contributed by atoms with Gasteiger partial charge in [-0.2, -0.15) is 0 Å². The minimum absolute atomic E-state index is 0.0611. The van der Waals surface area contributed by atoms with Crippen molar-refractivity contribution in [1.82, 2.24) is 9.55 Å². The lowest BCUT2D eigenvalue weighted by Crippen LogP contribution is -2.66. The van der Waals surface area contributed by atoms with E-state index in [0.29, 0.717) is 5.56 Å². The first-order valence-corrected chi connectivity index (χ1v) is 17.4. The zero-order valence-electron chi connectivity index (χ0n) is 24.0. The van der Waals surface area contributed by atoms with Crippen molar-refractivity contribution in [2.45, 2.75) is 115 Å². The molecule has 1 aromatic heterocycles. The first kappa shape index (κ1) is 30.9.